The van der Waals surface area contributed by atoms with Crippen molar-refractivity contribution in [2.75, 3.05) is 0 Å². The summed E-state index contributed by atoms with van der Waals surface area (Å²) < 4.78 is 0. The van der Waals surface area contributed by atoms with E-state index >= 15 is 0 Å². The first-order chi connectivity index (χ1) is 8.79. The SMILES string of the molecule is Cc1cc(-c2nc(C(C)(C)C)[nH]c2C(=O)O)ccn1. The number of hydrogen-bond donors (Lipinski definition) is 2. The van der Waals surface area contributed by atoms with Gasteiger partial charge < -0.3 is 10.1 Å². The van der Waals surface area contributed by atoms with Crippen LogP contribution in [0.1, 0.15) is 42.8 Å². The first-order valence-electron chi connectivity index (χ1n) is 6.06. The van der Waals surface area contributed by atoms with Crippen molar-refractivity contribution < 1.29 is 9.90 Å². The smallest absolute Gasteiger partial charge is 0.354 e. The molecule has 2 aromatic heterocycles. The maximum Gasteiger partial charge on any atom is 0.354 e. The summed E-state index contributed by atoms with van der Waals surface area (Å²) in [5.41, 5.74) is 1.94. The molecule has 0 aliphatic carbocycles. The Morgan fingerprint density at radius 3 is 2.58 bits per heavy atom. The van der Waals surface area contributed by atoms with Crippen LogP contribution in [0.3, 0.4) is 0 Å². The standard InChI is InChI=1S/C14H17N3O2/c1-8-7-9(5-6-15-8)10-11(12(18)19)17-13(16-10)14(2,3)4/h5-7H,1-4H3,(H,16,17)(H,18,19). The highest BCUT2D eigenvalue weighted by molar-refractivity contribution is 5.93. The zero-order valence-corrected chi connectivity index (χ0v) is 11.5. The fourth-order valence-electron chi connectivity index (χ4n) is 1.78. The van der Waals surface area contributed by atoms with E-state index in [1.54, 1.807) is 12.3 Å². The summed E-state index contributed by atoms with van der Waals surface area (Å²) in [5, 5.41) is 9.29. The number of carbonyl (C=O) groups is 1. The summed E-state index contributed by atoms with van der Waals surface area (Å²) in [7, 11) is 0. The number of aromatic carboxylic acids is 1. The molecule has 0 bridgehead atoms. The van der Waals surface area contributed by atoms with Gasteiger partial charge in [-0.3, -0.25) is 4.98 Å². The van der Waals surface area contributed by atoms with Crippen molar-refractivity contribution in [3.8, 4) is 11.3 Å². The Hall–Kier alpha value is -2.17. The number of hydrogen-bond acceptors (Lipinski definition) is 3. The van der Waals surface area contributed by atoms with Crippen molar-refractivity contribution in [3.05, 3.63) is 35.5 Å². The molecule has 0 aliphatic heterocycles. The van der Waals surface area contributed by atoms with E-state index in [9.17, 15) is 9.90 Å². The van der Waals surface area contributed by atoms with Crippen molar-refractivity contribution in [2.24, 2.45) is 0 Å². The number of aromatic nitrogens is 3. The van der Waals surface area contributed by atoms with Crippen molar-refractivity contribution in [3.63, 3.8) is 0 Å². The van der Waals surface area contributed by atoms with E-state index in [0.29, 0.717) is 11.5 Å². The van der Waals surface area contributed by atoms with Gasteiger partial charge in [-0.05, 0) is 19.1 Å². The number of nitrogens with zero attached hydrogens (tertiary/aromatic N) is 2. The maximum absolute atomic E-state index is 11.3. The third-order valence-corrected chi connectivity index (χ3v) is 2.80. The number of nitrogens with one attached hydrogen (secondary N) is 1. The van der Waals surface area contributed by atoms with Crippen LogP contribution in [0.15, 0.2) is 18.3 Å². The molecule has 2 aromatic rings. The van der Waals surface area contributed by atoms with Gasteiger partial charge in [-0.25, -0.2) is 9.78 Å². The van der Waals surface area contributed by atoms with Gasteiger partial charge in [-0.2, -0.15) is 0 Å². The highest BCUT2D eigenvalue weighted by atomic mass is 16.4. The molecule has 5 nitrogen and oxygen atoms in total. The van der Waals surface area contributed by atoms with E-state index in [2.05, 4.69) is 15.0 Å². The highest BCUT2D eigenvalue weighted by Gasteiger charge is 2.24. The Morgan fingerprint density at radius 2 is 2.05 bits per heavy atom. The summed E-state index contributed by atoms with van der Waals surface area (Å²) in [4.78, 5) is 22.8. The van der Waals surface area contributed by atoms with Gasteiger partial charge >= 0.3 is 5.97 Å². The third-order valence-electron chi connectivity index (χ3n) is 2.80. The molecule has 100 valence electrons. The van der Waals surface area contributed by atoms with Crippen LogP contribution in [0.2, 0.25) is 0 Å². The number of pyridine rings is 1. The second-order valence-corrected chi connectivity index (χ2v) is 5.55. The summed E-state index contributed by atoms with van der Waals surface area (Å²) in [6, 6.07) is 3.59. The van der Waals surface area contributed by atoms with Gasteiger partial charge in [0.15, 0.2) is 5.69 Å². The monoisotopic (exact) mass is 259 g/mol. The lowest BCUT2D eigenvalue weighted by Crippen LogP contribution is -2.13. The second kappa shape index (κ2) is 4.50. The molecule has 5 heteroatoms. The van der Waals surface area contributed by atoms with E-state index in [-0.39, 0.29) is 11.1 Å². The summed E-state index contributed by atoms with van der Waals surface area (Å²) >= 11 is 0. The molecule has 0 amide bonds. The van der Waals surface area contributed by atoms with Gasteiger partial charge in [0.2, 0.25) is 0 Å². The van der Waals surface area contributed by atoms with Crippen LogP contribution in [0.25, 0.3) is 11.3 Å². The number of aryl methyl sites for hydroxylation is 1. The van der Waals surface area contributed by atoms with Gasteiger partial charge in [0.05, 0.1) is 0 Å². The lowest BCUT2D eigenvalue weighted by atomic mass is 9.96. The predicted molar refractivity (Wildman–Crippen MR) is 72.2 cm³/mol. The first-order valence-corrected chi connectivity index (χ1v) is 6.06. The molecule has 0 fully saturated rings. The molecule has 2 N–H and O–H groups in total. The molecule has 2 heterocycles. The largest absolute Gasteiger partial charge is 0.477 e. The molecule has 0 aromatic carbocycles. The van der Waals surface area contributed by atoms with E-state index < -0.39 is 5.97 Å². The van der Waals surface area contributed by atoms with Crippen LogP contribution in [-0.4, -0.2) is 26.0 Å². The van der Waals surface area contributed by atoms with E-state index in [1.165, 1.54) is 0 Å². The highest BCUT2D eigenvalue weighted by Crippen LogP contribution is 2.27. The first kappa shape index (κ1) is 13.3. The van der Waals surface area contributed by atoms with Gasteiger partial charge in [-0.15, -0.1) is 0 Å². The lowest BCUT2D eigenvalue weighted by Gasteiger charge is -2.13. The average Bonchev–Trinajstić information content (AvgIpc) is 2.73. The number of carboxylic acid groups (broad SMARTS) is 1. The fraction of sp³-hybridized carbons (Fsp3) is 0.357. The predicted octanol–water partition coefficient (Wildman–Crippen LogP) is 2.78. The second-order valence-electron chi connectivity index (χ2n) is 5.55. The van der Waals surface area contributed by atoms with Crippen LogP contribution < -0.4 is 0 Å². The molecule has 0 aliphatic rings. The number of aromatic amines is 1. The minimum atomic E-state index is -1.01. The van der Waals surface area contributed by atoms with Crippen molar-refractivity contribution in [1.29, 1.82) is 0 Å². The van der Waals surface area contributed by atoms with Gasteiger partial charge in [0.25, 0.3) is 0 Å². The number of H-pyrrole nitrogens is 1. The van der Waals surface area contributed by atoms with Crippen LogP contribution >= 0.6 is 0 Å². The zero-order chi connectivity index (χ0) is 14.2. The normalized spacial score (nSPS) is 11.6. The number of carboxylic acids is 1. The number of rotatable bonds is 2. The molecule has 0 saturated carbocycles. The molecule has 0 atom stereocenters. The Kier molecular flexibility index (Phi) is 3.14. The fourth-order valence-corrected chi connectivity index (χ4v) is 1.78. The molecule has 0 radical (unpaired) electrons. The van der Waals surface area contributed by atoms with Crippen LogP contribution in [-0.2, 0) is 5.41 Å². The molecule has 0 unspecified atom stereocenters. The minimum absolute atomic E-state index is 0.121. The van der Waals surface area contributed by atoms with Gasteiger partial charge in [-0.1, -0.05) is 20.8 Å². The summed E-state index contributed by atoms with van der Waals surface area (Å²) in [5.74, 6) is -0.346. The number of imidazole rings is 1. The molecule has 2 rings (SSSR count). The van der Waals surface area contributed by atoms with Crippen LogP contribution in [0.5, 0.6) is 0 Å². The topological polar surface area (TPSA) is 78.9 Å². The Bertz CT molecular complexity index is 624. The molecule has 19 heavy (non-hydrogen) atoms. The Labute approximate surface area is 111 Å². The minimum Gasteiger partial charge on any atom is -0.477 e. The van der Waals surface area contributed by atoms with E-state index in [1.807, 2.05) is 33.8 Å². The lowest BCUT2D eigenvalue weighted by molar-refractivity contribution is 0.0692. The zero-order valence-electron chi connectivity index (χ0n) is 11.5. The van der Waals surface area contributed by atoms with E-state index in [4.69, 9.17) is 0 Å². The van der Waals surface area contributed by atoms with Crippen LogP contribution in [0, 0.1) is 6.92 Å². The van der Waals surface area contributed by atoms with E-state index in [0.717, 1.165) is 11.3 Å². The van der Waals surface area contributed by atoms with Crippen LogP contribution in [0.4, 0.5) is 0 Å². The maximum atomic E-state index is 11.3. The Morgan fingerprint density at radius 1 is 1.37 bits per heavy atom. The molecule has 0 saturated heterocycles. The molecular weight excluding hydrogens is 242 g/mol. The Balaban J connectivity index is 2.62. The quantitative estimate of drug-likeness (QED) is 0.869. The van der Waals surface area contributed by atoms with Crippen molar-refractivity contribution in [1.82, 2.24) is 15.0 Å². The van der Waals surface area contributed by atoms with Gasteiger partial charge in [0, 0.05) is 22.9 Å². The average molecular weight is 259 g/mol. The third kappa shape index (κ3) is 2.65. The van der Waals surface area contributed by atoms with Crippen molar-refractivity contribution in [2.45, 2.75) is 33.1 Å². The summed E-state index contributed by atoms with van der Waals surface area (Å²) in [6.45, 7) is 7.82. The molecule has 0 spiro atoms. The summed E-state index contributed by atoms with van der Waals surface area (Å²) in [6.07, 6.45) is 1.65. The molecular formula is C14H17N3O2. The van der Waals surface area contributed by atoms with Gasteiger partial charge in [0.1, 0.15) is 11.5 Å². The van der Waals surface area contributed by atoms with Crippen molar-refractivity contribution >= 4 is 5.97 Å².